The molecule has 0 unspecified atom stereocenters. The van der Waals surface area contributed by atoms with E-state index in [1.165, 1.54) is 12.8 Å². The molecular formula is C37H42N8O3. The van der Waals surface area contributed by atoms with Crippen LogP contribution in [-0.2, 0) is 13.1 Å². The van der Waals surface area contributed by atoms with Crippen molar-refractivity contribution in [3.63, 3.8) is 0 Å². The van der Waals surface area contributed by atoms with Gasteiger partial charge in [-0.15, -0.1) is 0 Å². The molecule has 4 N–H and O–H groups in total. The fourth-order valence-electron chi connectivity index (χ4n) is 7.72. The number of carbonyl (C=O) groups excluding carboxylic acids is 2. The lowest BCUT2D eigenvalue weighted by Gasteiger charge is -2.23. The van der Waals surface area contributed by atoms with Crippen molar-refractivity contribution in [3.8, 4) is 17.3 Å². The first-order valence-electron chi connectivity index (χ1n) is 17.0. The number of aromatic nitrogens is 4. The van der Waals surface area contributed by atoms with Crippen molar-refractivity contribution >= 4 is 28.6 Å². The zero-order chi connectivity index (χ0) is 33.1. The summed E-state index contributed by atoms with van der Waals surface area (Å²) < 4.78 is 10.1. The average molecular weight is 647 g/mol. The number of rotatable bonds is 9. The third-order valence-corrected chi connectivity index (χ3v) is 10.4. The van der Waals surface area contributed by atoms with Crippen molar-refractivity contribution in [2.45, 2.75) is 83.2 Å². The predicted molar refractivity (Wildman–Crippen MR) is 184 cm³/mol. The summed E-state index contributed by atoms with van der Waals surface area (Å²) in [5, 5.41) is 6.99. The van der Waals surface area contributed by atoms with Gasteiger partial charge in [-0.2, -0.15) is 0 Å². The molecule has 0 spiro atoms. The van der Waals surface area contributed by atoms with Crippen LogP contribution in [0.1, 0.15) is 72.4 Å². The molecule has 3 fully saturated rings. The highest BCUT2D eigenvalue weighted by Crippen LogP contribution is 2.40. The van der Waals surface area contributed by atoms with E-state index in [9.17, 15) is 9.59 Å². The molecule has 4 aromatic heterocycles. The molecule has 2 saturated heterocycles. The molecule has 0 radical (unpaired) electrons. The third-order valence-electron chi connectivity index (χ3n) is 10.4. The number of urea groups is 1. The van der Waals surface area contributed by atoms with Gasteiger partial charge in [-0.3, -0.25) is 9.20 Å². The number of imidazole rings is 1. The molecule has 6 heterocycles. The summed E-state index contributed by atoms with van der Waals surface area (Å²) in [6.07, 6.45) is 5.20. The average Bonchev–Trinajstić information content (AvgIpc) is 3.41. The normalized spacial score (nSPS) is 20.8. The van der Waals surface area contributed by atoms with Gasteiger partial charge in [-0.25, -0.2) is 14.8 Å². The number of aryl methyl sites for hydroxylation is 1. The SMILES string of the molecule is COc1cc(C(=O)N2[C@H]3CC[C@@H]2[C@H](N)C3)cc2nc(-c3cc4ccc([C@@H](C)NC(=O)NCc5ccccc5)nc4n3CC3CC3)c(C)n12. The van der Waals surface area contributed by atoms with Crippen LogP contribution >= 0.6 is 0 Å². The minimum absolute atomic E-state index is 0.00509. The number of nitrogens with two attached hydrogens (primary N) is 1. The number of hydrogen-bond acceptors (Lipinski definition) is 6. The van der Waals surface area contributed by atoms with E-state index in [2.05, 4.69) is 27.3 Å². The predicted octanol–water partition coefficient (Wildman–Crippen LogP) is 5.34. The first-order chi connectivity index (χ1) is 23.3. The van der Waals surface area contributed by atoms with Crippen LogP contribution in [0.3, 0.4) is 0 Å². The molecule has 1 aliphatic carbocycles. The lowest BCUT2D eigenvalue weighted by Crippen LogP contribution is -2.40. The van der Waals surface area contributed by atoms with Crippen LogP contribution in [0.25, 0.3) is 28.1 Å². The zero-order valence-electron chi connectivity index (χ0n) is 27.6. The zero-order valence-corrected chi connectivity index (χ0v) is 27.6. The first kappa shape index (κ1) is 30.4. The molecule has 1 aromatic carbocycles. The molecular weight excluding hydrogens is 604 g/mol. The summed E-state index contributed by atoms with van der Waals surface area (Å²) >= 11 is 0. The van der Waals surface area contributed by atoms with Crippen LogP contribution < -0.4 is 21.1 Å². The lowest BCUT2D eigenvalue weighted by atomic mass is 9.97. The van der Waals surface area contributed by atoms with Crippen molar-refractivity contribution in [3.05, 3.63) is 83.2 Å². The number of amides is 3. The van der Waals surface area contributed by atoms with Crippen LogP contribution in [-0.4, -0.2) is 61.0 Å². The molecule has 2 aliphatic heterocycles. The number of benzene rings is 1. The Bertz CT molecular complexity index is 2030. The van der Waals surface area contributed by atoms with Crippen LogP contribution in [0.5, 0.6) is 5.88 Å². The maximum absolute atomic E-state index is 13.8. The van der Waals surface area contributed by atoms with E-state index in [4.69, 9.17) is 20.4 Å². The monoisotopic (exact) mass is 646 g/mol. The Hall–Kier alpha value is -4.90. The minimum atomic E-state index is -0.296. The van der Waals surface area contributed by atoms with Gasteiger partial charge in [-0.05, 0) is 81.7 Å². The molecule has 11 heteroatoms. The maximum atomic E-state index is 13.8. The van der Waals surface area contributed by atoms with Crippen LogP contribution in [0.4, 0.5) is 4.79 Å². The second kappa shape index (κ2) is 12.0. The topological polar surface area (TPSA) is 132 Å². The second-order valence-electron chi connectivity index (χ2n) is 13.7. The number of pyridine rings is 2. The third kappa shape index (κ3) is 5.35. The number of methoxy groups -OCH3 is 1. The van der Waals surface area contributed by atoms with Crippen molar-refractivity contribution in [2.75, 3.05) is 7.11 Å². The Balaban J connectivity index is 1.12. The minimum Gasteiger partial charge on any atom is -0.482 e. The molecule has 248 valence electrons. The Morgan fingerprint density at radius 3 is 2.56 bits per heavy atom. The van der Waals surface area contributed by atoms with Gasteiger partial charge in [0.1, 0.15) is 17.0 Å². The second-order valence-corrected chi connectivity index (χ2v) is 13.7. The summed E-state index contributed by atoms with van der Waals surface area (Å²) in [7, 11) is 1.63. The molecule has 8 rings (SSSR count). The molecule has 2 bridgehead atoms. The molecule has 3 aliphatic rings. The molecule has 11 nitrogen and oxygen atoms in total. The van der Waals surface area contributed by atoms with Gasteiger partial charge in [0, 0.05) is 48.2 Å². The molecule has 3 amide bonds. The Kier molecular flexibility index (Phi) is 7.59. The number of fused-ring (bicyclic) bond motifs is 4. The van der Waals surface area contributed by atoms with E-state index in [1.807, 2.05) is 71.7 Å². The summed E-state index contributed by atoms with van der Waals surface area (Å²) in [4.78, 5) is 38.8. The van der Waals surface area contributed by atoms with Gasteiger partial charge >= 0.3 is 6.03 Å². The van der Waals surface area contributed by atoms with E-state index >= 15 is 0 Å². The van der Waals surface area contributed by atoms with Crippen molar-refractivity contribution in [1.82, 2.24) is 34.5 Å². The fourth-order valence-corrected chi connectivity index (χ4v) is 7.72. The van der Waals surface area contributed by atoms with Crippen LogP contribution in [0.15, 0.2) is 60.7 Å². The van der Waals surface area contributed by atoms with Crippen molar-refractivity contribution in [2.24, 2.45) is 11.7 Å². The Morgan fingerprint density at radius 2 is 1.85 bits per heavy atom. The largest absolute Gasteiger partial charge is 0.482 e. The molecule has 48 heavy (non-hydrogen) atoms. The number of nitrogens with zero attached hydrogens (tertiary/aromatic N) is 5. The fraction of sp³-hybridized carbons (Fsp3) is 0.405. The molecule has 5 aromatic rings. The van der Waals surface area contributed by atoms with Crippen LogP contribution in [0.2, 0.25) is 0 Å². The Morgan fingerprint density at radius 1 is 1.04 bits per heavy atom. The van der Waals surface area contributed by atoms with E-state index in [0.717, 1.165) is 65.2 Å². The number of carbonyl (C=O) groups is 2. The standard InChI is InChI=1S/C37H42N8O3/c1-21(40-37(47)39-19-23-7-5-4-6-8-23)29-13-11-25-15-31(43(35(25)41-29)20-24-9-10-24)34-22(2)44-32(42-34)16-26(17-33(44)48-3)36(46)45-27-12-14-30(45)28(38)18-27/h4-8,11,13,15-17,21,24,27-28,30H,9-10,12,14,18-20,38H2,1-3H3,(H2,39,40,47)/t21-,27+,28-,30-/m1/s1. The number of hydrogen-bond donors (Lipinski definition) is 3. The molecule has 1 saturated carbocycles. The maximum Gasteiger partial charge on any atom is 0.315 e. The first-order valence-corrected chi connectivity index (χ1v) is 17.0. The van der Waals surface area contributed by atoms with Crippen molar-refractivity contribution < 1.29 is 14.3 Å². The van der Waals surface area contributed by atoms with Gasteiger partial charge in [0.05, 0.1) is 30.2 Å². The Labute approximate surface area is 279 Å². The smallest absolute Gasteiger partial charge is 0.315 e. The van der Waals surface area contributed by atoms with E-state index in [0.29, 0.717) is 29.6 Å². The van der Waals surface area contributed by atoms with Crippen molar-refractivity contribution in [1.29, 1.82) is 0 Å². The number of ether oxygens (including phenoxy) is 1. The van der Waals surface area contributed by atoms with Gasteiger partial charge in [0.25, 0.3) is 5.91 Å². The van der Waals surface area contributed by atoms with E-state index in [1.54, 1.807) is 7.11 Å². The van der Waals surface area contributed by atoms with E-state index < -0.39 is 0 Å². The summed E-state index contributed by atoms with van der Waals surface area (Å²) in [6, 6.07) is 19.5. The summed E-state index contributed by atoms with van der Waals surface area (Å²) in [5.41, 5.74) is 13.0. The highest BCUT2D eigenvalue weighted by molar-refractivity contribution is 5.97. The van der Waals surface area contributed by atoms with Gasteiger partial charge < -0.3 is 30.6 Å². The van der Waals surface area contributed by atoms with E-state index in [-0.39, 0.29) is 36.1 Å². The summed E-state index contributed by atoms with van der Waals surface area (Å²) in [5.74, 6) is 1.15. The van der Waals surface area contributed by atoms with Gasteiger partial charge in [-0.1, -0.05) is 30.3 Å². The summed E-state index contributed by atoms with van der Waals surface area (Å²) in [6.45, 7) is 5.27. The highest BCUT2D eigenvalue weighted by atomic mass is 16.5. The number of nitrogens with one attached hydrogen (secondary N) is 2. The quantitative estimate of drug-likeness (QED) is 0.198. The lowest BCUT2D eigenvalue weighted by molar-refractivity contribution is 0.0726. The van der Waals surface area contributed by atoms with Crippen LogP contribution in [0, 0.1) is 12.8 Å². The van der Waals surface area contributed by atoms with Gasteiger partial charge in [0.15, 0.2) is 5.88 Å². The highest BCUT2D eigenvalue weighted by Gasteiger charge is 2.47. The van der Waals surface area contributed by atoms with Gasteiger partial charge in [0.2, 0.25) is 0 Å². The molecule has 4 atom stereocenters.